The third kappa shape index (κ3) is 6.33. The van der Waals surface area contributed by atoms with Crippen molar-refractivity contribution in [2.75, 3.05) is 5.33 Å². The summed E-state index contributed by atoms with van der Waals surface area (Å²) >= 11 is 6.21. The maximum atomic E-state index is 13.1. The first kappa shape index (κ1) is 20.3. The summed E-state index contributed by atoms with van der Waals surface area (Å²) in [7, 11) is 0. The molecule has 0 bridgehead atoms. The Bertz CT molecular complexity index is 554. The third-order valence-corrected chi connectivity index (χ3v) is 3.66. The summed E-state index contributed by atoms with van der Waals surface area (Å²) < 4.78 is 50.0. The Hall–Kier alpha value is -0.760. The van der Waals surface area contributed by atoms with Gasteiger partial charge in [0.15, 0.2) is 6.10 Å². The van der Waals surface area contributed by atoms with E-state index in [4.69, 9.17) is 9.47 Å². The molecule has 1 atom stereocenters. The van der Waals surface area contributed by atoms with E-state index in [0.29, 0.717) is 5.33 Å². The number of alkyl halides is 4. The Kier molecular flexibility index (Phi) is 6.95. The summed E-state index contributed by atoms with van der Waals surface area (Å²) in [5.74, 6) is -1.13. The van der Waals surface area contributed by atoms with Crippen LogP contribution in [0.5, 0.6) is 5.75 Å². The summed E-state index contributed by atoms with van der Waals surface area (Å²) in [5.41, 5.74) is -1.71. The van der Waals surface area contributed by atoms with Crippen molar-refractivity contribution < 1.29 is 27.4 Å². The Morgan fingerprint density at radius 2 is 1.87 bits per heavy atom. The van der Waals surface area contributed by atoms with Crippen LogP contribution >= 0.6 is 31.9 Å². The van der Waals surface area contributed by atoms with E-state index in [1.165, 1.54) is 12.1 Å². The fourth-order valence-electron chi connectivity index (χ4n) is 1.69. The van der Waals surface area contributed by atoms with E-state index < -0.39 is 35.2 Å². The zero-order chi connectivity index (χ0) is 17.8. The Morgan fingerprint density at radius 1 is 1.26 bits per heavy atom. The van der Waals surface area contributed by atoms with E-state index in [2.05, 4.69) is 31.9 Å². The zero-order valence-electron chi connectivity index (χ0n) is 12.8. The third-order valence-electron chi connectivity index (χ3n) is 2.57. The summed E-state index contributed by atoms with van der Waals surface area (Å²) in [4.78, 5) is 12.2. The lowest BCUT2D eigenvalue weighted by Crippen LogP contribution is -2.36. The molecule has 8 heteroatoms. The van der Waals surface area contributed by atoms with E-state index in [9.17, 15) is 18.0 Å². The van der Waals surface area contributed by atoms with Crippen LogP contribution in [0, 0.1) is 0 Å². The molecule has 0 N–H and O–H groups in total. The highest BCUT2D eigenvalue weighted by molar-refractivity contribution is 9.10. The topological polar surface area (TPSA) is 35.5 Å². The lowest BCUT2D eigenvalue weighted by molar-refractivity contribution is -0.164. The molecule has 0 saturated carbocycles. The van der Waals surface area contributed by atoms with Crippen molar-refractivity contribution >= 4 is 37.8 Å². The monoisotopic (exact) mass is 460 g/mol. The number of ether oxygens (including phenoxy) is 2. The highest BCUT2D eigenvalue weighted by atomic mass is 79.9. The number of hydrogen-bond acceptors (Lipinski definition) is 3. The van der Waals surface area contributed by atoms with Crippen LogP contribution in [0.4, 0.5) is 13.2 Å². The zero-order valence-corrected chi connectivity index (χ0v) is 16.0. The number of esters is 1. The highest BCUT2D eigenvalue weighted by Crippen LogP contribution is 2.41. The lowest BCUT2D eigenvalue weighted by atomic mass is 10.1. The van der Waals surface area contributed by atoms with Crippen LogP contribution in [0.25, 0.3) is 0 Å². The fraction of sp³-hybridized carbons (Fsp3) is 0.533. The van der Waals surface area contributed by atoms with E-state index in [1.807, 2.05) is 0 Å². The average molecular weight is 462 g/mol. The van der Waals surface area contributed by atoms with Gasteiger partial charge in [-0.1, -0.05) is 22.0 Å². The van der Waals surface area contributed by atoms with Crippen molar-refractivity contribution in [3.63, 3.8) is 0 Å². The molecule has 0 amide bonds. The van der Waals surface area contributed by atoms with Crippen LogP contribution in [0.1, 0.15) is 32.8 Å². The van der Waals surface area contributed by atoms with Gasteiger partial charge >= 0.3 is 12.1 Å². The van der Waals surface area contributed by atoms with Gasteiger partial charge in [-0.15, -0.1) is 0 Å². The molecule has 0 aliphatic heterocycles. The largest absolute Gasteiger partial charge is 0.477 e. The van der Waals surface area contributed by atoms with Crippen LogP contribution in [-0.2, 0) is 15.7 Å². The SMILES string of the molecule is CC(C)(C)OC(=O)C(CCBr)Oc1c(Br)cccc1C(F)(F)F. The number of para-hydroxylation sites is 1. The van der Waals surface area contributed by atoms with Gasteiger partial charge in [-0.05, 0) is 48.8 Å². The molecule has 1 rings (SSSR count). The van der Waals surface area contributed by atoms with E-state index in [-0.39, 0.29) is 10.9 Å². The Balaban J connectivity index is 3.13. The number of benzene rings is 1. The van der Waals surface area contributed by atoms with Crippen molar-refractivity contribution in [3.05, 3.63) is 28.2 Å². The minimum Gasteiger partial charge on any atom is -0.477 e. The van der Waals surface area contributed by atoms with Gasteiger partial charge in [-0.25, -0.2) is 4.79 Å². The first-order valence-corrected chi connectivity index (χ1v) is 8.68. The van der Waals surface area contributed by atoms with Gasteiger partial charge in [0.2, 0.25) is 0 Å². The van der Waals surface area contributed by atoms with Crippen molar-refractivity contribution in [2.24, 2.45) is 0 Å². The standard InChI is InChI=1S/C15H17Br2F3O3/c1-14(2,3)23-13(21)11(7-8-16)22-12-9(15(18,19)20)5-4-6-10(12)17/h4-6,11H,7-8H2,1-3H3. The average Bonchev–Trinajstić information content (AvgIpc) is 2.36. The molecule has 0 aliphatic carbocycles. The minimum absolute atomic E-state index is 0.121. The number of halogens is 5. The van der Waals surface area contributed by atoms with Gasteiger partial charge in [0.05, 0.1) is 10.0 Å². The molecular weight excluding hydrogens is 445 g/mol. The molecule has 0 radical (unpaired) electrons. The molecule has 3 nitrogen and oxygen atoms in total. The van der Waals surface area contributed by atoms with Crippen LogP contribution in [0.3, 0.4) is 0 Å². The minimum atomic E-state index is -4.59. The smallest absolute Gasteiger partial charge is 0.420 e. The molecule has 23 heavy (non-hydrogen) atoms. The summed E-state index contributed by atoms with van der Waals surface area (Å²) in [6, 6.07) is 3.58. The normalized spacial score (nSPS) is 13.6. The number of hydrogen-bond donors (Lipinski definition) is 0. The first-order valence-electron chi connectivity index (χ1n) is 6.77. The van der Waals surface area contributed by atoms with Crippen LogP contribution in [0.15, 0.2) is 22.7 Å². The van der Waals surface area contributed by atoms with Crippen molar-refractivity contribution in [1.29, 1.82) is 0 Å². The second-order valence-corrected chi connectivity index (χ2v) is 7.38. The van der Waals surface area contributed by atoms with E-state index >= 15 is 0 Å². The van der Waals surface area contributed by atoms with Gasteiger partial charge in [-0.3, -0.25) is 0 Å². The first-order chi connectivity index (χ1) is 10.5. The second kappa shape index (κ2) is 7.88. The lowest BCUT2D eigenvalue weighted by Gasteiger charge is -2.25. The van der Waals surface area contributed by atoms with Gasteiger partial charge in [-0.2, -0.15) is 13.2 Å². The maximum absolute atomic E-state index is 13.1. The van der Waals surface area contributed by atoms with Crippen LogP contribution in [0.2, 0.25) is 0 Å². The number of rotatable bonds is 5. The molecule has 0 aliphatic rings. The van der Waals surface area contributed by atoms with E-state index in [0.717, 1.165) is 6.07 Å². The molecule has 0 heterocycles. The molecule has 1 aromatic rings. The van der Waals surface area contributed by atoms with Crippen molar-refractivity contribution in [1.82, 2.24) is 0 Å². The summed E-state index contributed by atoms with van der Waals surface area (Å²) in [6.07, 6.45) is -5.56. The van der Waals surface area contributed by atoms with Gasteiger partial charge in [0.25, 0.3) is 0 Å². The molecule has 0 spiro atoms. The predicted molar refractivity (Wildman–Crippen MR) is 87.8 cm³/mol. The van der Waals surface area contributed by atoms with Crippen LogP contribution in [-0.4, -0.2) is 23.0 Å². The van der Waals surface area contributed by atoms with Crippen molar-refractivity contribution in [2.45, 2.75) is 45.1 Å². The molecule has 0 aromatic heterocycles. The summed E-state index contributed by atoms with van der Waals surface area (Å²) in [5, 5.41) is 0.378. The number of carbonyl (C=O) groups excluding carboxylic acids is 1. The molecule has 1 aromatic carbocycles. The molecule has 0 fully saturated rings. The number of carbonyl (C=O) groups is 1. The maximum Gasteiger partial charge on any atom is 0.420 e. The van der Waals surface area contributed by atoms with Gasteiger partial charge < -0.3 is 9.47 Å². The fourth-order valence-corrected chi connectivity index (χ4v) is 2.56. The molecule has 0 saturated heterocycles. The predicted octanol–water partition coefficient (Wildman–Crippen LogP) is 5.34. The van der Waals surface area contributed by atoms with Crippen molar-refractivity contribution in [3.8, 4) is 5.75 Å². The molecular formula is C15H17Br2F3O3. The van der Waals surface area contributed by atoms with Gasteiger partial charge in [0.1, 0.15) is 11.4 Å². The summed E-state index contributed by atoms with van der Waals surface area (Å²) in [6.45, 7) is 5.03. The van der Waals surface area contributed by atoms with Crippen LogP contribution < -0.4 is 4.74 Å². The Morgan fingerprint density at radius 3 is 2.35 bits per heavy atom. The quantitative estimate of drug-likeness (QED) is 0.438. The highest BCUT2D eigenvalue weighted by Gasteiger charge is 2.37. The second-order valence-electron chi connectivity index (χ2n) is 5.73. The van der Waals surface area contributed by atoms with E-state index in [1.54, 1.807) is 20.8 Å². The molecule has 1 unspecified atom stereocenters. The Labute approximate surface area is 149 Å². The van der Waals surface area contributed by atoms with Gasteiger partial charge in [0, 0.05) is 11.8 Å². The molecule has 130 valence electrons.